The zero-order chi connectivity index (χ0) is 13.0. The highest BCUT2D eigenvalue weighted by Gasteiger charge is 2.06. The van der Waals surface area contributed by atoms with Crippen LogP contribution >= 0.6 is 11.3 Å². The molecule has 3 nitrogen and oxygen atoms in total. The molecule has 1 heterocycles. The molecule has 0 bridgehead atoms. The normalized spacial score (nSPS) is 10.3. The van der Waals surface area contributed by atoms with Gasteiger partial charge in [0.25, 0.3) is 0 Å². The summed E-state index contributed by atoms with van der Waals surface area (Å²) in [5.74, 6) is 0.907. The van der Waals surface area contributed by atoms with Gasteiger partial charge in [-0.15, -0.1) is 11.3 Å². The molecule has 0 radical (unpaired) electrons. The lowest BCUT2D eigenvalue weighted by atomic mass is 10.1. The lowest BCUT2D eigenvalue weighted by Crippen LogP contribution is -1.94. The SMILES string of the molecule is CCOc1ccc(-c2csc(CC=O)n2)cc1C. The van der Waals surface area contributed by atoms with Crippen molar-refractivity contribution in [2.24, 2.45) is 0 Å². The summed E-state index contributed by atoms with van der Waals surface area (Å²) in [6.45, 7) is 4.66. The van der Waals surface area contributed by atoms with Crippen LogP contribution in [0.1, 0.15) is 17.5 Å². The van der Waals surface area contributed by atoms with E-state index in [2.05, 4.69) is 11.1 Å². The van der Waals surface area contributed by atoms with Crippen molar-refractivity contribution in [1.29, 1.82) is 0 Å². The monoisotopic (exact) mass is 261 g/mol. The summed E-state index contributed by atoms with van der Waals surface area (Å²) in [6, 6.07) is 6.02. The largest absolute Gasteiger partial charge is 0.494 e. The third kappa shape index (κ3) is 2.76. The predicted octanol–water partition coefficient (Wildman–Crippen LogP) is 3.26. The van der Waals surface area contributed by atoms with Gasteiger partial charge in [-0.25, -0.2) is 4.98 Å². The Labute approximate surface area is 110 Å². The lowest BCUT2D eigenvalue weighted by molar-refractivity contribution is -0.107. The minimum atomic E-state index is 0.390. The van der Waals surface area contributed by atoms with Crippen LogP contribution in [-0.4, -0.2) is 17.9 Å². The Morgan fingerprint density at radius 3 is 2.94 bits per heavy atom. The van der Waals surface area contributed by atoms with Gasteiger partial charge >= 0.3 is 0 Å². The highest BCUT2D eigenvalue weighted by atomic mass is 32.1. The van der Waals surface area contributed by atoms with E-state index in [0.717, 1.165) is 33.9 Å². The second kappa shape index (κ2) is 5.78. The van der Waals surface area contributed by atoms with E-state index in [9.17, 15) is 4.79 Å². The molecule has 0 atom stereocenters. The molecule has 2 rings (SSSR count). The van der Waals surface area contributed by atoms with Gasteiger partial charge in [-0.2, -0.15) is 0 Å². The average molecular weight is 261 g/mol. The first kappa shape index (κ1) is 12.8. The van der Waals surface area contributed by atoms with Crippen LogP contribution in [0.5, 0.6) is 5.75 Å². The molecule has 18 heavy (non-hydrogen) atoms. The number of ether oxygens (including phenoxy) is 1. The number of hydrogen-bond acceptors (Lipinski definition) is 4. The highest BCUT2D eigenvalue weighted by Crippen LogP contribution is 2.27. The molecule has 4 heteroatoms. The van der Waals surface area contributed by atoms with E-state index in [4.69, 9.17) is 4.74 Å². The van der Waals surface area contributed by atoms with E-state index in [0.29, 0.717) is 13.0 Å². The van der Waals surface area contributed by atoms with E-state index in [1.54, 1.807) is 0 Å². The Morgan fingerprint density at radius 2 is 2.28 bits per heavy atom. The number of aromatic nitrogens is 1. The first-order valence-electron chi connectivity index (χ1n) is 5.86. The summed E-state index contributed by atoms with van der Waals surface area (Å²) < 4.78 is 5.51. The van der Waals surface area contributed by atoms with E-state index >= 15 is 0 Å². The minimum Gasteiger partial charge on any atom is -0.494 e. The molecule has 1 aromatic heterocycles. The van der Waals surface area contributed by atoms with Crippen molar-refractivity contribution >= 4 is 17.6 Å². The molecular formula is C14H15NO2S. The second-order valence-electron chi connectivity index (χ2n) is 3.91. The Bertz CT molecular complexity index is 548. The number of hydrogen-bond donors (Lipinski definition) is 0. The maximum Gasteiger partial charge on any atom is 0.126 e. The van der Waals surface area contributed by atoms with E-state index in [1.807, 2.05) is 31.4 Å². The van der Waals surface area contributed by atoms with Gasteiger partial charge in [-0.05, 0) is 37.6 Å². The maximum atomic E-state index is 10.4. The summed E-state index contributed by atoms with van der Waals surface area (Å²) in [7, 11) is 0. The Morgan fingerprint density at radius 1 is 1.44 bits per heavy atom. The molecule has 0 fully saturated rings. The first-order chi connectivity index (χ1) is 8.74. The van der Waals surface area contributed by atoms with Gasteiger partial charge in [-0.1, -0.05) is 0 Å². The van der Waals surface area contributed by atoms with Crippen LogP contribution in [0.3, 0.4) is 0 Å². The third-order valence-electron chi connectivity index (χ3n) is 2.58. The van der Waals surface area contributed by atoms with Crippen LogP contribution in [0.2, 0.25) is 0 Å². The molecule has 0 N–H and O–H groups in total. The number of carbonyl (C=O) groups is 1. The smallest absolute Gasteiger partial charge is 0.126 e. The van der Waals surface area contributed by atoms with Crippen LogP contribution in [0, 0.1) is 6.92 Å². The molecule has 0 amide bonds. The van der Waals surface area contributed by atoms with Crippen molar-refractivity contribution < 1.29 is 9.53 Å². The number of nitrogens with zero attached hydrogens (tertiary/aromatic N) is 1. The molecule has 0 unspecified atom stereocenters. The topological polar surface area (TPSA) is 39.2 Å². The molecule has 2 aromatic rings. The van der Waals surface area contributed by atoms with Crippen LogP contribution in [0.15, 0.2) is 23.6 Å². The standard InChI is InChI=1S/C14H15NO2S/c1-3-17-13-5-4-11(8-10(13)2)12-9-18-14(15-12)6-7-16/h4-5,7-9H,3,6H2,1-2H3. The van der Waals surface area contributed by atoms with Crippen LogP contribution in [-0.2, 0) is 11.2 Å². The Hall–Kier alpha value is -1.68. The number of aldehydes is 1. The van der Waals surface area contributed by atoms with Gasteiger partial charge in [0.2, 0.25) is 0 Å². The summed E-state index contributed by atoms with van der Waals surface area (Å²) in [6.07, 6.45) is 1.27. The van der Waals surface area contributed by atoms with Crippen molar-refractivity contribution in [3.8, 4) is 17.0 Å². The van der Waals surface area contributed by atoms with Crippen LogP contribution in [0.25, 0.3) is 11.3 Å². The van der Waals surface area contributed by atoms with Gasteiger partial charge in [0.05, 0.1) is 18.7 Å². The number of carbonyl (C=O) groups excluding carboxylic acids is 1. The summed E-state index contributed by atoms with van der Waals surface area (Å²) in [4.78, 5) is 14.9. The molecule has 0 saturated carbocycles. The number of benzene rings is 1. The molecule has 1 aromatic carbocycles. The fraction of sp³-hybridized carbons (Fsp3) is 0.286. The van der Waals surface area contributed by atoms with Gasteiger partial charge in [0, 0.05) is 10.9 Å². The molecule has 0 aliphatic heterocycles. The predicted molar refractivity (Wildman–Crippen MR) is 73.2 cm³/mol. The van der Waals surface area contributed by atoms with Crippen molar-refractivity contribution in [2.75, 3.05) is 6.61 Å². The Balaban J connectivity index is 2.27. The van der Waals surface area contributed by atoms with Crippen molar-refractivity contribution in [3.05, 3.63) is 34.2 Å². The summed E-state index contributed by atoms with van der Waals surface area (Å²) >= 11 is 1.52. The first-order valence-corrected chi connectivity index (χ1v) is 6.74. The zero-order valence-corrected chi connectivity index (χ0v) is 11.3. The molecule has 0 saturated heterocycles. The van der Waals surface area contributed by atoms with Gasteiger partial charge in [0.15, 0.2) is 0 Å². The van der Waals surface area contributed by atoms with Crippen LogP contribution < -0.4 is 4.74 Å². The third-order valence-corrected chi connectivity index (χ3v) is 3.45. The summed E-state index contributed by atoms with van der Waals surface area (Å²) in [5.41, 5.74) is 3.08. The molecular weight excluding hydrogens is 246 g/mol. The number of thiazole rings is 1. The lowest BCUT2D eigenvalue weighted by Gasteiger charge is -2.07. The van der Waals surface area contributed by atoms with Crippen molar-refractivity contribution in [2.45, 2.75) is 20.3 Å². The fourth-order valence-corrected chi connectivity index (χ4v) is 2.49. The summed E-state index contributed by atoms with van der Waals surface area (Å²) in [5, 5.41) is 2.83. The van der Waals surface area contributed by atoms with E-state index < -0.39 is 0 Å². The Kier molecular flexibility index (Phi) is 4.10. The number of rotatable bonds is 5. The quantitative estimate of drug-likeness (QED) is 0.775. The minimum absolute atomic E-state index is 0.390. The van der Waals surface area contributed by atoms with Gasteiger partial charge in [-0.3, -0.25) is 0 Å². The second-order valence-corrected chi connectivity index (χ2v) is 4.85. The highest BCUT2D eigenvalue weighted by molar-refractivity contribution is 7.10. The van der Waals surface area contributed by atoms with Crippen molar-refractivity contribution in [3.63, 3.8) is 0 Å². The molecule has 0 aliphatic rings. The fourth-order valence-electron chi connectivity index (χ4n) is 1.73. The molecule has 0 aliphatic carbocycles. The van der Waals surface area contributed by atoms with Gasteiger partial charge in [0.1, 0.15) is 17.0 Å². The number of aryl methyl sites for hydroxylation is 1. The molecule has 0 spiro atoms. The van der Waals surface area contributed by atoms with Crippen molar-refractivity contribution in [1.82, 2.24) is 4.98 Å². The molecule has 94 valence electrons. The van der Waals surface area contributed by atoms with E-state index in [1.165, 1.54) is 11.3 Å². The zero-order valence-electron chi connectivity index (χ0n) is 10.5. The maximum absolute atomic E-state index is 10.4. The van der Waals surface area contributed by atoms with Crippen LogP contribution in [0.4, 0.5) is 0 Å². The van der Waals surface area contributed by atoms with Gasteiger partial charge < -0.3 is 9.53 Å². The average Bonchev–Trinajstić information content (AvgIpc) is 2.81. The van der Waals surface area contributed by atoms with E-state index in [-0.39, 0.29) is 0 Å².